The van der Waals surface area contributed by atoms with Crippen LogP contribution in [0.5, 0.6) is 5.75 Å². The average Bonchev–Trinajstić information content (AvgIpc) is 2.58. The average molecular weight is 434 g/mol. The Morgan fingerprint density at radius 3 is 2.41 bits per heavy atom. The lowest BCUT2D eigenvalue weighted by Crippen LogP contribution is -2.42. The highest BCUT2D eigenvalue weighted by Crippen LogP contribution is 2.27. The molecule has 144 valence electrons. The number of anilines is 1. The summed E-state index contributed by atoms with van der Waals surface area (Å²) in [5.74, 6) is -0.552. The van der Waals surface area contributed by atoms with E-state index in [1.807, 2.05) is 44.2 Å². The topological polar surface area (TPSA) is 75.6 Å². The van der Waals surface area contributed by atoms with Crippen molar-refractivity contribution in [3.63, 3.8) is 0 Å². The van der Waals surface area contributed by atoms with Crippen molar-refractivity contribution in [2.75, 3.05) is 5.32 Å². The number of nitrogens with one attached hydrogen (secondary N) is 1. The Hall–Kier alpha value is -2.34. The first-order valence-corrected chi connectivity index (χ1v) is 9.46. The number of aryl methyl sites for hydroxylation is 1. The number of ether oxygens (including phenoxy) is 1. The Morgan fingerprint density at radius 2 is 1.81 bits per heavy atom. The number of carboxylic acids is 1. The molecule has 0 saturated carbocycles. The molecule has 0 aromatic heterocycles. The van der Waals surface area contributed by atoms with Crippen molar-refractivity contribution in [3.05, 3.63) is 58.1 Å². The molecule has 0 bridgehead atoms. The van der Waals surface area contributed by atoms with Gasteiger partial charge in [0.1, 0.15) is 5.75 Å². The summed E-state index contributed by atoms with van der Waals surface area (Å²) in [6, 6.07) is 12.9. The monoisotopic (exact) mass is 433 g/mol. The molecule has 1 atom stereocenters. The normalized spacial score (nSPS) is 12.3. The van der Waals surface area contributed by atoms with Crippen molar-refractivity contribution in [2.24, 2.45) is 0 Å². The molecule has 2 rings (SSSR count). The molecule has 0 fully saturated rings. The summed E-state index contributed by atoms with van der Waals surface area (Å²) in [5.41, 5.74) is 1.42. The van der Waals surface area contributed by atoms with Crippen LogP contribution in [0.1, 0.15) is 44.2 Å². The Labute approximate surface area is 167 Å². The van der Waals surface area contributed by atoms with Gasteiger partial charge in [0.2, 0.25) is 0 Å². The number of carbonyl (C=O) groups excluding carboxylic acids is 1. The molecule has 2 aromatic rings. The molecule has 2 aromatic carbocycles. The van der Waals surface area contributed by atoms with Crippen molar-refractivity contribution in [2.45, 2.75) is 45.6 Å². The summed E-state index contributed by atoms with van der Waals surface area (Å²) in [6.45, 7) is 7.21. The zero-order valence-electron chi connectivity index (χ0n) is 15.9. The molecule has 2 N–H and O–H groups in total. The van der Waals surface area contributed by atoms with E-state index in [9.17, 15) is 9.59 Å². The van der Waals surface area contributed by atoms with Gasteiger partial charge < -0.3 is 15.2 Å². The Bertz CT molecular complexity index is 831. The largest absolute Gasteiger partial charge is 0.481 e. The molecule has 1 unspecified atom stereocenters. The van der Waals surface area contributed by atoms with Crippen LogP contribution in [0.15, 0.2) is 46.9 Å². The van der Waals surface area contributed by atoms with Crippen LogP contribution in [0.3, 0.4) is 0 Å². The van der Waals surface area contributed by atoms with Gasteiger partial charge in [-0.05, 0) is 62.1 Å². The molecule has 0 aliphatic carbocycles. The van der Waals surface area contributed by atoms with E-state index in [0.29, 0.717) is 11.4 Å². The molecule has 0 aliphatic heterocycles. The summed E-state index contributed by atoms with van der Waals surface area (Å²) in [4.78, 5) is 23.5. The number of hydrogen-bond donors (Lipinski definition) is 2. The molecule has 5 nitrogen and oxygen atoms in total. The maximum Gasteiger partial charge on any atom is 0.303 e. The van der Waals surface area contributed by atoms with Gasteiger partial charge in [-0.15, -0.1) is 0 Å². The van der Waals surface area contributed by atoms with Crippen molar-refractivity contribution < 1.29 is 19.4 Å². The SMILES string of the molecule is Cc1ccc(Br)cc1OC(C)(C)C(=O)Nc1ccc(C(C)CC(=O)O)cc1. The molecule has 0 heterocycles. The molecule has 0 spiro atoms. The van der Waals surface area contributed by atoms with Gasteiger partial charge in [0, 0.05) is 10.2 Å². The van der Waals surface area contributed by atoms with Gasteiger partial charge >= 0.3 is 5.97 Å². The van der Waals surface area contributed by atoms with Crippen LogP contribution in [0.4, 0.5) is 5.69 Å². The van der Waals surface area contributed by atoms with Crippen LogP contribution in [0.25, 0.3) is 0 Å². The lowest BCUT2D eigenvalue weighted by Gasteiger charge is -2.26. The van der Waals surface area contributed by atoms with E-state index in [0.717, 1.165) is 15.6 Å². The number of carbonyl (C=O) groups is 2. The zero-order valence-corrected chi connectivity index (χ0v) is 17.5. The second kappa shape index (κ2) is 8.57. The van der Waals surface area contributed by atoms with Crippen molar-refractivity contribution in [1.29, 1.82) is 0 Å². The van der Waals surface area contributed by atoms with Gasteiger partial charge in [0.05, 0.1) is 6.42 Å². The van der Waals surface area contributed by atoms with Crippen molar-refractivity contribution in [1.82, 2.24) is 0 Å². The van der Waals surface area contributed by atoms with Crippen LogP contribution >= 0.6 is 15.9 Å². The van der Waals surface area contributed by atoms with Gasteiger partial charge in [0.25, 0.3) is 5.91 Å². The second-order valence-corrected chi connectivity index (χ2v) is 8.01. The molecule has 27 heavy (non-hydrogen) atoms. The lowest BCUT2D eigenvalue weighted by molar-refractivity contribution is -0.137. The number of hydrogen-bond acceptors (Lipinski definition) is 3. The van der Waals surface area contributed by atoms with E-state index >= 15 is 0 Å². The van der Waals surface area contributed by atoms with Gasteiger partial charge in [-0.3, -0.25) is 9.59 Å². The molecule has 6 heteroatoms. The molecular formula is C21H24BrNO4. The molecular weight excluding hydrogens is 410 g/mol. The minimum absolute atomic E-state index is 0.0680. The maximum absolute atomic E-state index is 12.7. The smallest absolute Gasteiger partial charge is 0.303 e. The third-order valence-electron chi connectivity index (χ3n) is 4.28. The van der Waals surface area contributed by atoms with E-state index in [1.165, 1.54) is 0 Å². The quantitative estimate of drug-likeness (QED) is 0.634. The number of benzene rings is 2. The minimum Gasteiger partial charge on any atom is -0.481 e. The summed E-state index contributed by atoms with van der Waals surface area (Å²) in [5, 5.41) is 11.7. The van der Waals surface area contributed by atoms with E-state index in [4.69, 9.17) is 9.84 Å². The summed E-state index contributed by atoms with van der Waals surface area (Å²) >= 11 is 3.41. The maximum atomic E-state index is 12.7. The van der Waals surface area contributed by atoms with Gasteiger partial charge in [-0.25, -0.2) is 0 Å². The van der Waals surface area contributed by atoms with Crippen LogP contribution in [0, 0.1) is 6.92 Å². The first-order chi connectivity index (χ1) is 12.6. The number of aliphatic carboxylic acids is 1. The molecule has 0 saturated heterocycles. The number of rotatable bonds is 7. The first kappa shape index (κ1) is 21.0. The Balaban J connectivity index is 2.06. The van der Waals surface area contributed by atoms with E-state index < -0.39 is 11.6 Å². The van der Waals surface area contributed by atoms with Crippen molar-refractivity contribution in [3.8, 4) is 5.75 Å². The Morgan fingerprint density at radius 1 is 1.19 bits per heavy atom. The van der Waals surface area contributed by atoms with E-state index in [2.05, 4.69) is 21.2 Å². The highest BCUT2D eigenvalue weighted by atomic mass is 79.9. The number of carboxylic acid groups (broad SMARTS) is 1. The van der Waals surface area contributed by atoms with Crippen molar-refractivity contribution >= 4 is 33.5 Å². The van der Waals surface area contributed by atoms with Crippen LogP contribution in [0.2, 0.25) is 0 Å². The van der Waals surface area contributed by atoms with E-state index in [1.54, 1.807) is 26.0 Å². The minimum atomic E-state index is -1.07. The third-order valence-corrected chi connectivity index (χ3v) is 4.77. The fraction of sp³-hybridized carbons (Fsp3) is 0.333. The fourth-order valence-electron chi connectivity index (χ4n) is 2.56. The summed E-state index contributed by atoms with van der Waals surface area (Å²) in [7, 11) is 0. The molecule has 0 radical (unpaired) electrons. The zero-order chi connectivity index (χ0) is 20.2. The van der Waals surface area contributed by atoms with Gasteiger partial charge in [-0.1, -0.05) is 41.1 Å². The van der Waals surface area contributed by atoms with Gasteiger partial charge in [0.15, 0.2) is 5.60 Å². The van der Waals surface area contributed by atoms with Gasteiger partial charge in [-0.2, -0.15) is 0 Å². The highest BCUT2D eigenvalue weighted by Gasteiger charge is 2.30. The Kier molecular flexibility index (Phi) is 6.65. The number of amides is 1. The second-order valence-electron chi connectivity index (χ2n) is 7.10. The standard InChI is InChI=1S/C21H24BrNO4/c1-13-5-8-16(22)12-18(13)27-21(3,4)20(26)23-17-9-6-15(7-10-17)14(2)11-19(24)25/h5-10,12,14H,11H2,1-4H3,(H,23,26)(H,24,25). The number of halogens is 1. The summed E-state index contributed by atoms with van der Waals surface area (Å²) in [6.07, 6.45) is 0.0680. The fourth-order valence-corrected chi connectivity index (χ4v) is 2.90. The predicted molar refractivity (Wildman–Crippen MR) is 109 cm³/mol. The predicted octanol–water partition coefficient (Wildman–Crippen LogP) is 5.13. The van der Waals surface area contributed by atoms with Crippen LogP contribution in [-0.4, -0.2) is 22.6 Å². The molecule has 0 aliphatic rings. The first-order valence-electron chi connectivity index (χ1n) is 8.67. The summed E-state index contributed by atoms with van der Waals surface area (Å²) < 4.78 is 6.83. The lowest BCUT2D eigenvalue weighted by atomic mass is 9.97. The van der Waals surface area contributed by atoms with Crippen LogP contribution < -0.4 is 10.1 Å². The third kappa shape index (κ3) is 5.82. The van der Waals surface area contributed by atoms with E-state index in [-0.39, 0.29) is 18.2 Å². The van der Waals surface area contributed by atoms with Crippen LogP contribution in [-0.2, 0) is 9.59 Å². The molecule has 1 amide bonds. The highest BCUT2D eigenvalue weighted by molar-refractivity contribution is 9.10.